The Bertz CT molecular complexity index is 1110. The molecule has 1 aliphatic carbocycles. The van der Waals surface area contributed by atoms with Crippen LogP contribution in [0.3, 0.4) is 0 Å². The summed E-state index contributed by atoms with van der Waals surface area (Å²) in [5.74, 6) is 1.26. The largest absolute Gasteiger partial charge is 0.474 e. The van der Waals surface area contributed by atoms with Gasteiger partial charge >= 0.3 is 6.03 Å². The zero-order valence-electron chi connectivity index (χ0n) is 19.7. The molecule has 1 aromatic heterocycles. The lowest BCUT2D eigenvalue weighted by Crippen LogP contribution is -2.46. The van der Waals surface area contributed by atoms with E-state index in [-0.39, 0.29) is 24.6 Å². The van der Waals surface area contributed by atoms with Gasteiger partial charge in [-0.1, -0.05) is 17.7 Å². The number of carbonyl (C=O) groups is 2. The summed E-state index contributed by atoms with van der Waals surface area (Å²) < 4.78 is 6.10. The fraction of sp³-hybridized carbons (Fsp3) is 0.500. The molecule has 2 aromatic rings. The van der Waals surface area contributed by atoms with Crippen molar-refractivity contribution in [1.29, 1.82) is 0 Å². The zero-order valence-corrected chi connectivity index (χ0v) is 20.4. The van der Waals surface area contributed by atoms with Crippen LogP contribution in [-0.4, -0.2) is 65.2 Å². The molecule has 35 heavy (non-hydrogen) atoms. The number of likely N-dealkylation sites (tertiary alicyclic amines) is 1. The van der Waals surface area contributed by atoms with Gasteiger partial charge in [-0.25, -0.2) is 9.78 Å². The summed E-state index contributed by atoms with van der Waals surface area (Å²) in [5.41, 5.74) is 2.82. The average molecular weight is 496 g/mol. The number of anilines is 1. The van der Waals surface area contributed by atoms with Gasteiger partial charge in [0.05, 0.1) is 6.54 Å². The summed E-state index contributed by atoms with van der Waals surface area (Å²) in [6.07, 6.45) is 6.79. The van der Waals surface area contributed by atoms with Gasteiger partial charge in [-0.15, -0.1) is 0 Å². The van der Waals surface area contributed by atoms with E-state index in [1.165, 1.54) is 24.3 Å². The Morgan fingerprint density at radius 3 is 2.63 bits per heavy atom. The Balaban J connectivity index is 1.04. The summed E-state index contributed by atoms with van der Waals surface area (Å²) in [5, 5.41) is 3.51. The number of rotatable bonds is 7. The van der Waals surface area contributed by atoms with Crippen LogP contribution in [0.5, 0.6) is 5.88 Å². The van der Waals surface area contributed by atoms with Crippen molar-refractivity contribution in [2.24, 2.45) is 5.92 Å². The van der Waals surface area contributed by atoms with Crippen molar-refractivity contribution in [3.8, 4) is 5.88 Å². The van der Waals surface area contributed by atoms with Gasteiger partial charge in [0.1, 0.15) is 6.10 Å². The van der Waals surface area contributed by atoms with Crippen LogP contribution < -0.4 is 15.0 Å². The highest BCUT2D eigenvalue weighted by molar-refractivity contribution is 6.30. The standard InChI is InChI=1S/C26H30ClN5O3/c27-20-4-5-22-19(13-20)7-12-31(22)24-25(33)32(26(34)29-24)16-18-3-6-23(28-14-18)35-21-8-10-30(11-9-21)15-17-1-2-17/h3-6,13-14,17,21,24H,1-2,7-12,15-16H2,(H,29,34). The second kappa shape index (κ2) is 9.32. The van der Waals surface area contributed by atoms with Crippen molar-refractivity contribution < 1.29 is 14.3 Å². The minimum atomic E-state index is -0.703. The minimum Gasteiger partial charge on any atom is -0.474 e. The molecule has 1 aromatic carbocycles. The fourth-order valence-corrected chi connectivity index (χ4v) is 5.53. The van der Waals surface area contributed by atoms with E-state index in [0.717, 1.165) is 55.1 Å². The highest BCUT2D eigenvalue weighted by Crippen LogP contribution is 2.33. The quantitative estimate of drug-likeness (QED) is 0.593. The van der Waals surface area contributed by atoms with E-state index < -0.39 is 6.17 Å². The molecular formula is C26H30ClN5O3. The normalized spacial score (nSPS) is 23.1. The summed E-state index contributed by atoms with van der Waals surface area (Å²) in [6, 6.07) is 8.97. The van der Waals surface area contributed by atoms with E-state index in [0.29, 0.717) is 17.4 Å². The molecule has 3 amide bonds. The first kappa shape index (κ1) is 22.6. The van der Waals surface area contributed by atoms with E-state index in [1.807, 2.05) is 35.2 Å². The van der Waals surface area contributed by atoms with Crippen LogP contribution >= 0.6 is 11.6 Å². The first-order valence-corrected chi connectivity index (χ1v) is 12.9. The van der Waals surface area contributed by atoms with Crippen molar-refractivity contribution >= 4 is 29.2 Å². The fourth-order valence-electron chi connectivity index (χ4n) is 5.33. The summed E-state index contributed by atoms with van der Waals surface area (Å²) in [4.78, 5) is 36.0. The number of fused-ring (bicyclic) bond motifs is 1. The van der Waals surface area contributed by atoms with Crippen LogP contribution in [-0.2, 0) is 17.8 Å². The number of carbonyl (C=O) groups excluding carboxylic acids is 2. The molecule has 0 radical (unpaired) electrons. The highest BCUT2D eigenvalue weighted by Gasteiger charge is 2.43. The number of imide groups is 1. The lowest BCUT2D eigenvalue weighted by molar-refractivity contribution is -0.127. The molecule has 4 aliphatic rings. The molecule has 9 heteroatoms. The Morgan fingerprint density at radius 1 is 1.06 bits per heavy atom. The number of nitrogens with one attached hydrogen (secondary N) is 1. The van der Waals surface area contributed by atoms with Crippen LogP contribution in [0.1, 0.15) is 36.8 Å². The topological polar surface area (TPSA) is 78.0 Å². The number of aromatic nitrogens is 1. The molecule has 6 rings (SSSR count). The maximum atomic E-state index is 13.1. The van der Waals surface area contributed by atoms with Gasteiger partial charge < -0.3 is 19.9 Å². The molecule has 3 aliphatic heterocycles. The number of halogens is 1. The number of ether oxygens (including phenoxy) is 1. The molecule has 0 spiro atoms. The molecule has 2 saturated heterocycles. The second-order valence-corrected chi connectivity index (χ2v) is 10.5. The highest BCUT2D eigenvalue weighted by atomic mass is 35.5. The van der Waals surface area contributed by atoms with E-state index in [9.17, 15) is 9.59 Å². The maximum absolute atomic E-state index is 13.1. The van der Waals surface area contributed by atoms with E-state index in [4.69, 9.17) is 16.3 Å². The van der Waals surface area contributed by atoms with Gasteiger partial charge in [-0.05, 0) is 67.3 Å². The predicted molar refractivity (Wildman–Crippen MR) is 132 cm³/mol. The number of nitrogens with zero attached hydrogens (tertiary/aromatic N) is 4. The third-order valence-corrected chi connectivity index (χ3v) is 7.70. The van der Waals surface area contributed by atoms with E-state index in [1.54, 1.807) is 6.20 Å². The molecule has 4 heterocycles. The SMILES string of the molecule is O=C1NC(N2CCc3cc(Cl)ccc32)C(=O)N1Cc1ccc(OC2CCN(CC3CC3)CC2)nc1. The Labute approximate surface area is 210 Å². The number of urea groups is 1. The summed E-state index contributed by atoms with van der Waals surface area (Å²) in [7, 11) is 0. The van der Waals surface area contributed by atoms with Gasteiger partial charge in [0.2, 0.25) is 5.88 Å². The lowest BCUT2D eigenvalue weighted by Gasteiger charge is -2.31. The maximum Gasteiger partial charge on any atom is 0.326 e. The molecule has 3 fully saturated rings. The molecule has 0 bridgehead atoms. The van der Waals surface area contributed by atoms with Crippen molar-refractivity contribution in [1.82, 2.24) is 20.1 Å². The van der Waals surface area contributed by atoms with Crippen molar-refractivity contribution in [3.63, 3.8) is 0 Å². The number of pyridine rings is 1. The number of amides is 3. The lowest BCUT2D eigenvalue weighted by atomic mass is 10.1. The van der Waals surface area contributed by atoms with Crippen molar-refractivity contribution in [2.45, 2.75) is 50.9 Å². The molecule has 184 valence electrons. The number of benzene rings is 1. The molecular weight excluding hydrogens is 466 g/mol. The molecule has 1 unspecified atom stereocenters. The van der Waals surface area contributed by atoms with Gasteiger partial charge in [-0.3, -0.25) is 9.69 Å². The zero-order chi connectivity index (χ0) is 23.9. The van der Waals surface area contributed by atoms with E-state index >= 15 is 0 Å². The third kappa shape index (κ3) is 4.82. The Kier molecular flexibility index (Phi) is 6.02. The van der Waals surface area contributed by atoms with Crippen LogP contribution in [0.15, 0.2) is 36.5 Å². The molecule has 1 atom stereocenters. The summed E-state index contributed by atoms with van der Waals surface area (Å²) >= 11 is 6.11. The molecule has 8 nitrogen and oxygen atoms in total. The van der Waals surface area contributed by atoms with Crippen LogP contribution in [0.25, 0.3) is 0 Å². The Hall–Kier alpha value is -2.84. The molecule has 1 N–H and O–H groups in total. The Morgan fingerprint density at radius 2 is 1.89 bits per heavy atom. The van der Waals surface area contributed by atoms with Crippen LogP contribution in [0.2, 0.25) is 5.02 Å². The average Bonchev–Trinajstić information content (AvgIpc) is 3.52. The van der Waals surface area contributed by atoms with Crippen LogP contribution in [0, 0.1) is 5.92 Å². The minimum absolute atomic E-state index is 0.176. The van der Waals surface area contributed by atoms with Crippen molar-refractivity contribution in [2.75, 3.05) is 31.1 Å². The number of hydrogen-bond acceptors (Lipinski definition) is 6. The van der Waals surface area contributed by atoms with Crippen molar-refractivity contribution in [3.05, 3.63) is 52.7 Å². The van der Waals surface area contributed by atoms with Gasteiger partial charge in [0.25, 0.3) is 5.91 Å². The van der Waals surface area contributed by atoms with Crippen LogP contribution in [0.4, 0.5) is 10.5 Å². The summed E-state index contributed by atoms with van der Waals surface area (Å²) in [6.45, 7) is 4.24. The van der Waals surface area contributed by atoms with Gasteiger partial charge in [-0.2, -0.15) is 0 Å². The predicted octanol–water partition coefficient (Wildman–Crippen LogP) is 3.43. The van der Waals surface area contributed by atoms with Gasteiger partial charge in [0, 0.05) is 49.2 Å². The number of piperidine rings is 1. The first-order valence-electron chi connectivity index (χ1n) is 12.5. The number of hydrogen-bond donors (Lipinski definition) is 1. The van der Waals surface area contributed by atoms with Gasteiger partial charge in [0.15, 0.2) is 6.17 Å². The smallest absolute Gasteiger partial charge is 0.326 e. The molecule has 1 saturated carbocycles. The monoisotopic (exact) mass is 495 g/mol. The third-order valence-electron chi connectivity index (χ3n) is 7.46. The second-order valence-electron chi connectivity index (χ2n) is 10.1. The van der Waals surface area contributed by atoms with E-state index in [2.05, 4.69) is 15.2 Å². The first-order chi connectivity index (χ1) is 17.0.